The van der Waals surface area contributed by atoms with E-state index in [4.69, 9.17) is 0 Å². The Hall–Kier alpha value is -0.790. The first-order valence-electron chi connectivity index (χ1n) is 4.49. The molecule has 0 bridgehead atoms. The van der Waals surface area contributed by atoms with E-state index in [1.165, 1.54) is 17.0 Å². The highest BCUT2D eigenvalue weighted by Crippen LogP contribution is 2.20. The monoisotopic (exact) mass is 167 g/mol. The molecule has 1 aromatic heterocycles. The third-order valence-corrected chi connectivity index (χ3v) is 2.78. The molecule has 2 nitrogen and oxygen atoms in total. The molecule has 0 aliphatic heterocycles. The fraction of sp³-hybridized carbons (Fsp3) is 0.700. The molecule has 0 unspecified atom stereocenters. The molecule has 0 fully saturated rings. The van der Waals surface area contributed by atoms with E-state index >= 15 is 0 Å². The van der Waals surface area contributed by atoms with Crippen molar-refractivity contribution in [1.29, 1.82) is 0 Å². The molecule has 0 radical (unpaired) electrons. The zero-order valence-electron chi connectivity index (χ0n) is 8.97. The van der Waals surface area contributed by atoms with Gasteiger partial charge >= 0.3 is 0 Å². The Morgan fingerprint density at radius 3 is 1.92 bits per heavy atom. The Balaban J connectivity index is 3.38. The third-order valence-electron chi connectivity index (χ3n) is 2.78. The van der Waals surface area contributed by atoms with E-state index in [2.05, 4.69) is 51.2 Å². The van der Waals surface area contributed by atoms with Gasteiger partial charge in [-0.05, 0) is 12.8 Å². The Morgan fingerprint density at radius 2 is 1.75 bits per heavy atom. The summed E-state index contributed by atoms with van der Waals surface area (Å²) >= 11 is 0. The molecule has 0 atom stereocenters. The largest absolute Gasteiger partial charge is 0.208 e. The van der Waals surface area contributed by atoms with Gasteiger partial charge in [-0.15, -0.1) is 4.68 Å². The summed E-state index contributed by atoms with van der Waals surface area (Å²) in [5.74, 6) is 0.623. The van der Waals surface area contributed by atoms with E-state index in [1.54, 1.807) is 0 Å². The van der Waals surface area contributed by atoms with E-state index in [9.17, 15) is 0 Å². The second-order valence-electron chi connectivity index (χ2n) is 3.79. The molecule has 0 saturated carbocycles. The Kier molecular flexibility index (Phi) is 2.27. The van der Waals surface area contributed by atoms with Gasteiger partial charge in [-0.1, -0.05) is 13.8 Å². The maximum absolute atomic E-state index is 2.25. The van der Waals surface area contributed by atoms with Gasteiger partial charge in [0.1, 0.15) is 0 Å². The van der Waals surface area contributed by atoms with E-state index in [0.717, 1.165) is 0 Å². The summed E-state index contributed by atoms with van der Waals surface area (Å²) in [6, 6.07) is 0. The Bertz CT molecular complexity index is 270. The first-order chi connectivity index (χ1) is 5.46. The molecule has 0 N–H and O–H groups in total. The second kappa shape index (κ2) is 2.92. The highest BCUT2D eigenvalue weighted by atomic mass is 15.4. The minimum absolute atomic E-state index is 0.623. The van der Waals surface area contributed by atoms with Gasteiger partial charge < -0.3 is 0 Å². The average molecular weight is 167 g/mol. The molecule has 12 heavy (non-hydrogen) atoms. The molecule has 1 aromatic rings. The highest BCUT2D eigenvalue weighted by molar-refractivity contribution is 5.24. The summed E-state index contributed by atoms with van der Waals surface area (Å²) in [6.07, 6.45) is 0. The van der Waals surface area contributed by atoms with Crippen molar-refractivity contribution in [1.82, 2.24) is 4.68 Å². The maximum atomic E-state index is 2.25. The van der Waals surface area contributed by atoms with Crippen molar-refractivity contribution in [3.63, 3.8) is 0 Å². The van der Waals surface area contributed by atoms with Crippen molar-refractivity contribution in [3.05, 3.63) is 17.0 Å². The van der Waals surface area contributed by atoms with Crippen LogP contribution in [0.5, 0.6) is 0 Å². The summed E-state index contributed by atoms with van der Waals surface area (Å²) in [5.41, 5.74) is 4.25. The molecule has 0 aromatic carbocycles. The molecular weight excluding hydrogens is 148 g/mol. The Morgan fingerprint density at radius 1 is 1.25 bits per heavy atom. The van der Waals surface area contributed by atoms with Gasteiger partial charge in [-0.2, -0.15) is 4.68 Å². The van der Waals surface area contributed by atoms with Crippen LogP contribution >= 0.6 is 0 Å². The molecule has 2 heteroatoms. The van der Waals surface area contributed by atoms with Crippen LogP contribution in [-0.4, -0.2) is 4.68 Å². The van der Waals surface area contributed by atoms with Crippen molar-refractivity contribution >= 4 is 0 Å². The third kappa shape index (κ3) is 1.15. The van der Waals surface area contributed by atoms with Crippen molar-refractivity contribution in [2.45, 2.75) is 33.6 Å². The van der Waals surface area contributed by atoms with E-state index < -0.39 is 0 Å². The zero-order chi connectivity index (χ0) is 9.46. The van der Waals surface area contributed by atoms with Crippen LogP contribution in [0.1, 0.15) is 36.7 Å². The van der Waals surface area contributed by atoms with Crippen LogP contribution < -0.4 is 4.68 Å². The molecule has 0 aliphatic carbocycles. The molecule has 68 valence electrons. The van der Waals surface area contributed by atoms with Crippen LogP contribution in [0.15, 0.2) is 0 Å². The lowest BCUT2D eigenvalue weighted by Gasteiger charge is -2.00. The first kappa shape index (κ1) is 9.30. The minimum Gasteiger partial charge on any atom is -0.161 e. The van der Waals surface area contributed by atoms with Gasteiger partial charge in [0, 0.05) is 12.5 Å². The zero-order valence-corrected chi connectivity index (χ0v) is 8.97. The molecular formula is C10H19N2+. The molecule has 1 rings (SSSR count). The van der Waals surface area contributed by atoms with Crippen molar-refractivity contribution < 1.29 is 4.68 Å². The lowest BCUT2D eigenvalue weighted by Crippen LogP contribution is -2.39. The maximum Gasteiger partial charge on any atom is 0.208 e. The van der Waals surface area contributed by atoms with Gasteiger partial charge in [-0.3, -0.25) is 0 Å². The van der Waals surface area contributed by atoms with Gasteiger partial charge in [0.2, 0.25) is 5.69 Å². The normalized spacial score (nSPS) is 11.2. The molecule has 1 heterocycles. The van der Waals surface area contributed by atoms with Crippen LogP contribution in [0.25, 0.3) is 0 Å². The molecule has 0 saturated heterocycles. The number of rotatable bonds is 1. The summed E-state index contributed by atoms with van der Waals surface area (Å²) in [7, 11) is 4.21. The van der Waals surface area contributed by atoms with E-state index in [0.29, 0.717) is 5.92 Å². The van der Waals surface area contributed by atoms with Crippen LogP contribution in [0.3, 0.4) is 0 Å². The number of hydrogen-bond acceptors (Lipinski definition) is 0. The van der Waals surface area contributed by atoms with Crippen LogP contribution in [0, 0.1) is 13.8 Å². The van der Waals surface area contributed by atoms with Crippen molar-refractivity contribution in [2.24, 2.45) is 14.1 Å². The van der Waals surface area contributed by atoms with Crippen LogP contribution in [-0.2, 0) is 14.1 Å². The van der Waals surface area contributed by atoms with Crippen LogP contribution in [0.4, 0.5) is 0 Å². The van der Waals surface area contributed by atoms with E-state index in [-0.39, 0.29) is 0 Å². The van der Waals surface area contributed by atoms with Gasteiger partial charge in [0.25, 0.3) is 0 Å². The quantitative estimate of drug-likeness (QED) is 0.562. The topological polar surface area (TPSA) is 8.81 Å². The highest BCUT2D eigenvalue weighted by Gasteiger charge is 2.21. The summed E-state index contributed by atoms with van der Waals surface area (Å²) in [4.78, 5) is 0. The van der Waals surface area contributed by atoms with Crippen molar-refractivity contribution in [3.8, 4) is 0 Å². The second-order valence-corrected chi connectivity index (χ2v) is 3.79. The van der Waals surface area contributed by atoms with Crippen molar-refractivity contribution in [2.75, 3.05) is 0 Å². The lowest BCUT2D eigenvalue weighted by atomic mass is 10.0. The fourth-order valence-electron chi connectivity index (χ4n) is 1.90. The number of hydrogen-bond donors (Lipinski definition) is 0. The first-order valence-corrected chi connectivity index (χ1v) is 4.49. The van der Waals surface area contributed by atoms with E-state index in [1.807, 2.05) is 0 Å². The average Bonchev–Trinajstić information content (AvgIpc) is 2.16. The molecule has 0 aliphatic rings. The molecule has 0 spiro atoms. The van der Waals surface area contributed by atoms with Crippen LogP contribution in [0.2, 0.25) is 0 Å². The predicted molar refractivity (Wildman–Crippen MR) is 50.2 cm³/mol. The summed E-state index contributed by atoms with van der Waals surface area (Å²) in [5, 5.41) is 0. The van der Waals surface area contributed by atoms with Gasteiger partial charge in [-0.25, -0.2) is 0 Å². The predicted octanol–water partition coefficient (Wildman–Crippen LogP) is 1.59. The fourth-order valence-corrected chi connectivity index (χ4v) is 1.90. The minimum atomic E-state index is 0.623. The van der Waals surface area contributed by atoms with Gasteiger partial charge in [0.15, 0.2) is 7.05 Å². The summed E-state index contributed by atoms with van der Waals surface area (Å²) in [6.45, 7) is 8.86. The number of aromatic nitrogens is 2. The summed E-state index contributed by atoms with van der Waals surface area (Å²) < 4.78 is 4.40. The lowest BCUT2D eigenvalue weighted by molar-refractivity contribution is -0.756. The standard InChI is InChI=1S/C10H19N2/c1-7(2)10-8(3)11(5)12(6)9(10)4/h7H,1-6H3/q+1. The number of nitrogens with zero attached hydrogens (tertiary/aromatic N) is 2. The smallest absolute Gasteiger partial charge is 0.161 e. The van der Waals surface area contributed by atoms with Gasteiger partial charge in [0.05, 0.1) is 12.7 Å². The SMILES string of the molecule is Cc1c(C(C)C)c(C)[n+](C)n1C. The Labute approximate surface area is 74.8 Å². The molecule has 0 amide bonds.